The van der Waals surface area contributed by atoms with Gasteiger partial charge in [-0.2, -0.15) is 0 Å². The van der Waals surface area contributed by atoms with Gasteiger partial charge >= 0.3 is 6.98 Å². The monoisotopic (exact) mass is 242 g/mol. The van der Waals surface area contributed by atoms with Gasteiger partial charge in [-0.3, -0.25) is 0 Å². The maximum atomic E-state index is 12.5. The fourth-order valence-corrected chi connectivity index (χ4v) is 1.63. The zero-order valence-electron chi connectivity index (χ0n) is 10.1. The molecule has 0 N–H and O–H groups in total. The standard InChI is InChI=1S/C12H16BF3N/c1-4-17(9-11(3)13(14,15)16)12-8-6-5-7-10(12)2/h5-8H,3-4,9H2,1-2H3/q-1. The lowest BCUT2D eigenvalue weighted by Crippen LogP contribution is -2.33. The second-order valence-electron chi connectivity index (χ2n) is 4.03. The van der Waals surface area contributed by atoms with Crippen LogP contribution in [0.25, 0.3) is 0 Å². The summed E-state index contributed by atoms with van der Waals surface area (Å²) in [5.41, 5.74) is 1.14. The highest BCUT2D eigenvalue weighted by Gasteiger charge is 2.27. The fourth-order valence-electron chi connectivity index (χ4n) is 1.63. The van der Waals surface area contributed by atoms with E-state index < -0.39 is 12.4 Å². The molecule has 0 unspecified atom stereocenters. The molecule has 0 aliphatic carbocycles. The molecular weight excluding hydrogens is 226 g/mol. The van der Waals surface area contributed by atoms with Crippen molar-refractivity contribution in [3.05, 3.63) is 41.9 Å². The first-order chi connectivity index (χ1) is 7.86. The number of para-hydroxylation sites is 1. The Kier molecular flexibility index (Phi) is 4.26. The molecule has 17 heavy (non-hydrogen) atoms. The molecule has 0 amide bonds. The lowest BCUT2D eigenvalue weighted by molar-refractivity contribution is 0.487. The highest BCUT2D eigenvalue weighted by molar-refractivity contribution is 6.66. The molecule has 0 spiro atoms. The highest BCUT2D eigenvalue weighted by Crippen LogP contribution is 2.24. The van der Waals surface area contributed by atoms with Crippen LogP contribution in [0.2, 0.25) is 0 Å². The van der Waals surface area contributed by atoms with E-state index in [0.717, 1.165) is 11.3 Å². The number of halogens is 3. The maximum Gasteiger partial charge on any atom is 0.506 e. The molecule has 1 nitrogen and oxygen atoms in total. The summed E-state index contributed by atoms with van der Waals surface area (Å²) < 4.78 is 37.5. The third kappa shape index (κ3) is 3.54. The molecule has 0 aromatic heterocycles. The van der Waals surface area contributed by atoms with E-state index in [-0.39, 0.29) is 6.54 Å². The van der Waals surface area contributed by atoms with Gasteiger partial charge in [0.2, 0.25) is 0 Å². The third-order valence-electron chi connectivity index (χ3n) is 2.69. The van der Waals surface area contributed by atoms with Crippen LogP contribution in [-0.4, -0.2) is 20.1 Å². The summed E-state index contributed by atoms with van der Waals surface area (Å²) in [5.74, 6) is 0. The van der Waals surface area contributed by atoms with Crippen LogP contribution in [-0.2, 0) is 0 Å². The number of rotatable bonds is 5. The fraction of sp³-hybridized carbons (Fsp3) is 0.333. The first kappa shape index (κ1) is 13.7. The Bertz CT molecular complexity index is 401. The van der Waals surface area contributed by atoms with Gasteiger partial charge in [0.05, 0.1) is 0 Å². The first-order valence-electron chi connectivity index (χ1n) is 5.54. The van der Waals surface area contributed by atoms with E-state index in [2.05, 4.69) is 6.58 Å². The van der Waals surface area contributed by atoms with Crippen LogP contribution in [0.5, 0.6) is 0 Å². The summed E-state index contributed by atoms with van der Waals surface area (Å²) in [6.45, 7) is 2.26. The van der Waals surface area contributed by atoms with Crippen LogP contribution < -0.4 is 4.90 Å². The van der Waals surface area contributed by atoms with E-state index in [1.165, 1.54) is 0 Å². The molecule has 5 heteroatoms. The number of likely N-dealkylation sites (N-methyl/N-ethyl adjacent to an activating group) is 1. The van der Waals surface area contributed by atoms with Gasteiger partial charge in [-0.05, 0) is 25.5 Å². The second-order valence-corrected chi connectivity index (χ2v) is 4.03. The van der Waals surface area contributed by atoms with Gasteiger partial charge in [-0.1, -0.05) is 18.2 Å². The molecule has 0 bridgehead atoms. The number of hydrogen-bond donors (Lipinski definition) is 0. The number of aryl methyl sites for hydroxylation is 1. The van der Waals surface area contributed by atoms with Crippen LogP contribution >= 0.6 is 0 Å². The van der Waals surface area contributed by atoms with Gasteiger partial charge < -0.3 is 17.8 Å². The van der Waals surface area contributed by atoms with Gasteiger partial charge in [-0.25, -0.2) is 0 Å². The van der Waals surface area contributed by atoms with Crippen LogP contribution in [0, 0.1) is 6.92 Å². The Balaban J connectivity index is 2.87. The first-order valence-corrected chi connectivity index (χ1v) is 5.54. The molecule has 1 rings (SSSR count). The quantitative estimate of drug-likeness (QED) is 0.710. The second kappa shape index (κ2) is 5.30. The summed E-state index contributed by atoms with van der Waals surface area (Å²) in [5, 5.41) is 0. The number of benzene rings is 1. The van der Waals surface area contributed by atoms with E-state index >= 15 is 0 Å². The highest BCUT2D eigenvalue weighted by atomic mass is 19.4. The van der Waals surface area contributed by atoms with E-state index in [4.69, 9.17) is 0 Å². The van der Waals surface area contributed by atoms with Gasteiger partial charge in [0, 0.05) is 18.8 Å². The minimum absolute atomic E-state index is 0.162. The predicted octanol–water partition coefficient (Wildman–Crippen LogP) is 3.76. The molecule has 0 aliphatic heterocycles. The Morgan fingerprint density at radius 2 is 1.88 bits per heavy atom. The van der Waals surface area contributed by atoms with Gasteiger partial charge in [0.1, 0.15) is 0 Å². The zero-order valence-corrected chi connectivity index (χ0v) is 10.1. The van der Waals surface area contributed by atoms with E-state index in [0.29, 0.717) is 6.54 Å². The Morgan fingerprint density at radius 3 is 2.35 bits per heavy atom. The molecule has 0 saturated carbocycles. The summed E-state index contributed by atoms with van der Waals surface area (Å²) >= 11 is 0. The summed E-state index contributed by atoms with van der Waals surface area (Å²) in [6, 6.07) is 7.41. The topological polar surface area (TPSA) is 3.24 Å². The number of nitrogens with zero attached hydrogens (tertiary/aromatic N) is 1. The Labute approximate surface area is 100.0 Å². The SMILES string of the molecule is C=C(CN(CC)c1ccccc1C)[B-](F)(F)F. The van der Waals surface area contributed by atoms with Crippen molar-refractivity contribution in [3.63, 3.8) is 0 Å². The van der Waals surface area contributed by atoms with Gasteiger partial charge in [0.15, 0.2) is 0 Å². The number of hydrogen-bond acceptors (Lipinski definition) is 1. The molecule has 0 heterocycles. The summed E-state index contributed by atoms with van der Waals surface area (Å²) in [4.78, 5) is 1.69. The largest absolute Gasteiger partial charge is 0.506 e. The van der Waals surface area contributed by atoms with Crippen molar-refractivity contribution in [1.29, 1.82) is 0 Å². The lowest BCUT2D eigenvalue weighted by atomic mass is 9.80. The molecule has 1 aromatic rings. The van der Waals surface area contributed by atoms with Gasteiger partial charge in [-0.15, -0.1) is 12.1 Å². The van der Waals surface area contributed by atoms with Crippen molar-refractivity contribution in [2.45, 2.75) is 13.8 Å². The molecule has 0 atom stereocenters. The van der Waals surface area contributed by atoms with E-state index in [9.17, 15) is 12.9 Å². The maximum absolute atomic E-state index is 12.5. The smallest absolute Gasteiger partial charge is 0.445 e. The average molecular weight is 242 g/mol. The van der Waals surface area contributed by atoms with E-state index in [1.807, 2.05) is 38.1 Å². The average Bonchev–Trinajstić information content (AvgIpc) is 2.25. The van der Waals surface area contributed by atoms with Crippen LogP contribution in [0.4, 0.5) is 18.6 Å². The summed E-state index contributed by atoms with van der Waals surface area (Å²) in [6.07, 6.45) is 0. The Morgan fingerprint density at radius 1 is 1.29 bits per heavy atom. The molecular formula is C12H16BF3N-. The number of anilines is 1. The van der Waals surface area contributed by atoms with Crippen molar-refractivity contribution in [2.75, 3.05) is 18.0 Å². The molecule has 0 fully saturated rings. The van der Waals surface area contributed by atoms with E-state index in [1.54, 1.807) is 4.90 Å². The van der Waals surface area contributed by atoms with Gasteiger partial charge in [0.25, 0.3) is 0 Å². The molecule has 1 aromatic carbocycles. The molecule has 0 aliphatic rings. The van der Waals surface area contributed by atoms with Crippen molar-refractivity contribution < 1.29 is 12.9 Å². The van der Waals surface area contributed by atoms with Crippen LogP contribution in [0.15, 0.2) is 36.3 Å². The summed E-state index contributed by atoms with van der Waals surface area (Å²) in [7, 11) is 0. The minimum atomic E-state index is -4.95. The van der Waals surface area contributed by atoms with Crippen LogP contribution in [0.3, 0.4) is 0 Å². The lowest BCUT2D eigenvalue weighted by Gasteiger charge is -2.29. The predicted molar refractivity (Wildman–Crippen MR) is 67.3 cm³/mol. The normalized spacial score (nSPS) is 11.4. The zero-order chi connectivity index (χ0) is 13.1. The Hall–Kier alpha value is -1.39. The third-order valence-corrected chi connectivity index (χ3v) is 2.69. The molecule has 0 radical (unpaired) electrons. The molecule has 0 saturated heterocycles. The van der Waals surface area contributed by atoms with Crippen LogP contribution in [0.1, 0.15) is 12.5 Å². The van der Waals surface area contributed by atoms with Crippen molar-refractivity contribution in [2.24, 2.45) is 0 Å². The van der Waals surface area contributed by atoms with Crippen molar-refractivity contribution >= 4 is 12.7 Å². The molecule has 94 valence electrons. The van der Waals surface area contributed by atoms with Crippen molar-refractivity contribution in [1.82, 2.24) is 0 Å². The minimum Gasteiger partial charge on any atom is -0.445 e. The van der Waals surface area contributed by atoms with Crippen molar-refractivity contribution in [3.8, 4) is 0 Å².